The maximum absolute atomic E-state index is 13.3. The largest absolute Gasteiger partial charge is 0.344 e. The molecule has 4 rings (SSSR count). The first-order valence-corrected chi connectivity index (χ1v) is 10.3. The Morgan fingerprint density at radius 3 is 2.79 bits per heavy atom. The highest BCUT2D eigenvalue weighted by Crippen LogP contribution is 2.27. The zero-order valence-electron chi connectivity index (χ0n) is 15.6. The number of thiophene rings is 1. The fourth-order valence-electron chi connectivity index (χ4n) is 3.33. The Bertz CT molecular complexity index is 1080. The number of nitrogens with one attached hydrogen (secondary N) is 1. The van der Waals surface area contributed by atoms with Gasteiger partial charge in [-0.05, 0) is 42.1 Å². The summed E-state index contributed by atoms with van der Waals surface area (Å²) in [6.07, 6.45) is 5.41. The monoisotopic (exact) mass is 387 g/mol. The van der Waals surface area contributed by atoms with Crippen LogP contribution in [0.1, 0.15) is 41.0 Å². The minimum atomic E-state index is -0.0735. The molecule has 0 aliphatic carbocycles. The molecule has 3 heterocycles. The van der Waals surface area contributed by atoms with Gasteiger partial charge in [0.15, 0.2) is 0 Å². The molecule has 0 aliphatic rings. The van der Waals surface area contributed by atoms with Crippen molar-refractivity contribution < 1.29 is 4.79 Å². The Labute approximate surface area is 168 Å². The normalized spacial score (nSPS) is 12.0. The van der Waals surface area contributed by atoms with Crippen LogP contribution in [0.15, 0.2) is 72.4 Å². The standard InChI is InChI=1S/C23H21N3OS/c1-2-7-20(22-11-6-13-28-22)26-23(27)18-14-21(16-8-5-12-24-15-16)25-19-10-4-3-9-17(18)19/h3-6,8-15,20H,2,7H2,1H3,(H,26,27)/t20-/m1/s1. The molecule has 28 heavy (non-hydrogen) atoms. The molecule has 0 unspecified atom stereocenters. The lowest BCUT2D eigenvalue weighted by atomic mass is 10.0. The van der Waals surface area contributed by atoms with Gasteiger partial charge in [0, 0.05) is 28.2 Å². The summed E-state index contributed by atoms with van der Waals surface area (Å²) in [7, 11) is 0. The summed E-state index contributed by atoms with van der Waals surface area (Å²) in [4.78, 5) is 23.4. The van der Waals surface area contributed by atoms with Crippen LogP contribution in [-0.2, 0) is 0 Å². The second-order valence-electron chi connectivity index (χ2n) is 6.64. The average molecular weight is 388 g/mol. The van der Waals surface area contributed by atoms with Crippen LogP contribution in [0.2, 0.25) is 0 Å². The van der Waals surface area contributed by atoms with Crippen LogP contribution in [-0.4, -0.2) is 15.9 Å². The van der Waals surface area contributed by atoms with Gasteiger partial charge in [0.05, 0.1) is 22.8 Å². The molecule has 0 saturated heterocycles. The zero-order chi connectivity index (χ0) is 19.3. The van der Waals surface area contributed by atoms with Gasteiger partial charge in [-0.2, -0.15) is 0 Å². The van der Waals surface area contributed by atoms with Gasteiger partial charge in [0.25, 0.3) is 5.91 Å². The van der Waals surface area contributed by atoms with E-state index in [1.807, 2.05) is 53.9 Å². The minimum Gasteiger partial charge on any atom is -0.344 e. The number of amides is 1. The molecular weight excluding hydrogens is 366 g/mol. The number of benzene rings is 1. The number of para-hydroxylation sites is 1. The first kappa shape index (κ1) is 18.3. The number of hydrogen-bond donors (Lipinski definition) is 1. The first-order valence-electron chi connectivity index (χ1n) is 9.40. The van der Waals surface area contributed by atoms with Gasteiger partial charge in [-0.15, -0.1) is 11.3 Å². The van der Waals surface area contributed by atoms with E-state index in [0.717, 1.165) is 35.0 Å². The molecule has 0 radical (unpaired) electrons. The number of hydrogen-bond acceptors (Lipinski definition) is 4. The van der Waals surface area contributed by atoms with Crippen LogP contribution in [0.3, 0.4) is 0 Å². The lowest BCUT2D eigenvalue weighted by molar-refractivity contribution is 0.0937. The van der Waals surface area contributed by atoms with Crippen LogP contribution < -0.4 is 5.32 Å². The summed E-state index contributed by atoms with van der Waals surface area (Å²) >= 11 is 1.68. The van der Waals surface area contributed by atoms with Gasteiger partial charge < -0.3 is 5.32 Å². The Hall–Kier alpha value is -3.05. The van der Waals surface area contributed by atoms with Crippen LogP contribution in [0.4, 0.5) is 0 Å². The van der Waals surface area contributed by atoms with Gasteiger partial charge in [0.1, 0.15) is 0 Å². The van der Waals surface area contributed by atoms with E-state index < -0.39 is 0 Å². The number of aromatic nitrogens is 2. The van der Waals surface area contributed by atoms with Gasteiger partial charge >= 0.3 is 0 Å². The third-order valence-electron chi connectivity index (χ3n) is 4.69. The van der Waals surface area contributed by atoms with Crippen molar-refractivity contribution >= 4 is 28.1 Å². The third-order valence-corrected chi connectivity index (χ3v) is 5.67. The van der Waals surface area contributed by atoms with Crippen LogP contribution in [0.25, 0.3) is 22.2 Å². The van der Waals surface area contributed by atoms with Crippen molar-refractivity contribution in [2.45, 2.75) is 25.8 Å². The molecule has 0 bridgehead atoms. The molecule has 0 saturated carbocycles. The molecule has 3 aromatic heterocycles. The highest BCUT2D eigenvalue weighted by molar-refractivity contribution is 7.10. The minimum absolute atomic E-state index is 0.0197. The molecule has 5 heteroatoms. The summed E-state index contributed by atoms with van der Waals surface area (Å²) in [6.45, 7) is 2.13. The van der Waals surface area contributed by atoms with E-state index in [-0.39, 0.29) is 11.9 Å². The number of carbonyl (C=O) groups excluding carboxylic acids is 1. The summed E-state index contributed by atoms with van der Waals surface area (Å²) in [5.74, 6) is -0.0735. The number of rotatable bonds is 6. The fourth-order valence-corrected chi connectivity index (χ4v) is 4.14. The lowest BCUT2D eigenvalue weighted by Crippen LogP contribution is -2.28. The second kappa shape index (κ2) is 8.31. The van der Waals surface area contributed by atoms with E-state index in [2.05, 4.69) is 23.3 Å². The summed E-state index contributed by atoms with van der Waals surface area (Å²) in [5.41, 5.74) is 3.09. The van der Waals surface area contributed by atoms with Crippen molar-refractivity contribution in [3.8, 4) is 11.3 Å². The second-order valence-corrected chi connectivity index (χ2v) is 7.62. The van der Waals surface area contributed by atoms with Crippen LogP contribution in [0, 0.1) is 0 Å². The quantitative estimate of drug-likeness (QED) is 0.466. The van der Waals surface area contributed by atoms with Crippen LogP contribution >= 0.6 is 11.3 Å². The third kappa shape index (κ3) is 3.80. The van der Waals surface area contributed by atoms with Gasteiger partial charge in [-0.1, -0.05) is 37.6 Å². The van der Waals surface area contributed by atoms with Crippen molar-refractivity contribution in [3.05, 3.63) is 82.8 Å². The predicted octanol–water partition coefficient (Wildman–Crippen LogP) is 5.63. The van der Waals surface area contributed by atoms with E-state index in [4.69, 9.17) is 4.98 Å². The molecule has 140 valence electrons. The number of pyridine rings is 2. The van der Waals surface area contributed by atoms with Gasteiger partial charge in [0.2, 0.25) is 0 Å². The highest BCUT2D eigenvalue weighted by Gasteiger charge is 2.19. The summed E-state index contributed by atoms with van der Waals surface area (Å²) < 4.78 is 0. The maximum Gasteiger partial charge on any atom is 0.252 e. The van der Waals surface area contributed by atoms with Crippen LogP contribution in [0.5, 0.6) is 0 Å². The molecule has 1 N–H and O–H groups in total. The van der Waals surface area contributed by atoms with Crippen molar-refractivity contribution in [1.82, 2.24) is 15.3 Å². The lowest BCUT2D eigenvalue weighted by Gasteiger charge is -2.18. The summed E-state index contributed by atoms with van der Waals surface area (Å²) in [5, 5.41) is 6.14. The molecule has 4 aromatic rings. The van der Waals surface area contributed by atoms with E-state index in [1.54, 1.807) is 23.7 Å². The van der Waals surface area contributed by atoms with E-state index in [1.165, 1.54) is 4.88 Å². The number of fused-ring (bicyclic) bond motifs is 1. The van der Waals surface area contributed by atoms with E-state index >= 15 is 0 Å². The molecule has 1 aromatic carbocycles. The van der Waals surface area contributed by atoms with E-state index in [9.17, 15) is 4.79 Å². The predicted molar refractivity (Wildman–Crippen MR) is 114 cm³/mol. The van der Waals surface area contributed by atoms with Crippen molar-refractivity contribution in [2.24, 2.45) is 0 Å². The van der Waals surface area contributed by atoms with E-state index in [0.29, 0.717) is 5.56 Å². The first-order chi connectivity index (χ1) is 13.8. The molecule has 1 amide bonds. The molecular formula is C23H21N3OS. The van der Waals surface area contributed by atoms with Crippen molar-refractivity contribution in [2.75, 3.05) is 0 Å². The maximum atomic E-state index is 13.3. The Morgan fingerprint density at radius 2 is 2.04 bits per heavy atom. The Morgan fingerprint density at radius 1 is 1.14 bits per heavy atom. The topological polar surface area (TPSA) is 54.9 Å². The van der Waals surface area contributed by atoms with Gasteiger partial charge in [-0.25, -0.2) is 4.98 Å². The zero-order valence-corrected chi connectivity index (χ0v) is 16.4. The Balaban J connectivity index is 1.75. The molecule has 0 spiro atoms. The smallest absolute Gasteiger partial charge is 0.252 e. The van der Waals surface area contributed by atoms with Crippen molar-refractivity contribution in [3.63, 3.8) is 0 Å². The number of nitrogens with zero attached hydrogens (tertiary/aromatic N) is 2. The Kier molecular flexibility index (Phi) is 5.44. The molecule has 4 nitrogen and oxygen atoms in total. The molecule has 0 aliphatic heterocycles. The van der Waals surface area contributed by atoms with Crippen molar-refractivity contribution in [1.29, 1.82) is 0 Å². The average Bonchev–Trinajstić information content (AvgIpc) is 3.28. The molecule has 1 atom stereocenters. The fraction of sp³-hybridized carbons (Fsp3) is 0.174. The highest BCUT2D eigenvalue weighted by atomic mass is 32.1. The number of carbonyl (C=O) groups is 1. The van der Waals surface area contributed by atoms with Gasteiger partial charge in [-0.3, -0.25) is 9.78 Å². The summed E-state index contributed by atoms with van der Waals surface area (Å²) in [6, 6.07) is 17.6. The molecule has 0 fully saturated rings. The SMILES string of the molecule is CCC[C@@H](NC(=O)c1cc(-c2cccnc2)nc2ccccc12)c1cccs1.